The lowest BCUT2D eigenvalue weighted by Crippen LogP contribution is -2.37. The molecule has 1 fully saturated rings. The molecule has 0 aromatic heterocycles. The second-order valence-corrected chi connectivity index (χ2v) is 6.20. The molecule has 134 valence electrons. The van der Waals surface area contributed by atoms with Crippen molar-refractivity contribution in [1.82, 2.24) is 4.90 Å². The summed E-state index contributed by atoms with van der Waals surface area (Å²) in [7, 11) is 0. The summed E-state index contributed by atoms with van der Waals surface area (Å²) in [5.74, 6) is 0.717. The van der Waals surface area contributed by atoms with Crippen molar-refractivity contribution in [3.05, 3.63) is 29.8 Å². The minimum atomic E-state index is -0.765. The number of amides is 1. The van der Waals surface area contributed by atoms with Crippen LogP contribution in [0.2, 0.25) is 0 Å². The summed E-state index contributed by atoms with van der Waals surface area (Å²) < 4.78 is 16.4. The Balaban J connectivity index is 1.57. The zero-order valence-electron chi connectivity index (χ0n) is 14.4. The van der Waals surface area contributed by atoms with Crippen molar-refractivity contribution in [2.45, 2.75) is 32.3 Å². The predicted octanol–water partition coefficient (Wildman–Crippen LogP) is 2.42. The summed E-state index contributed by atoms with van der Waals surface area (Å²) >= 11 is 0. The Morgan fingerprint density at radius 3 is 2.60 bits per heavy atom. The highest BCUT2D eigenvalue weighted by atomic mass is 16.5. The summed E-state index contributed by atoms with van der Waals surface area (Å²) in [5.41, 5.74) is 0.805. The molecule has 2 aliphatic heterocycles. The highest BCUT2D eigenvalue weighted by molar-refractivity contribution is 5.90. The van der Waals surface area contributed by atoms with Gasteiger partial charge in [-0.3, -0.25) is 4.79 Å². The third-order valence-electron chi connectivity index (χ3n) is 4.24. The largest absolute Gasteiger partial charge is 0.490 e. The van der Waals surface area contributed by atoms with E-state index in [4.69, 9.17) is 14.2 Å². The lowest BCUT2D eigenvalue weighted by atomic mass is 10.2. The average Bonchev–Trinajstić information content (AvgIpc) is 3.05. The van der Waals surface area contributed by atoms with E-state index in [1.54, 1.807) is 17.9 Å². The number of ether oxygens (including phenoxy) is 3. The number of hydrogen-bond donors (Lipinski definition) is 0. The Morgan fingerprint density at radius 2 is 1.84 bits per heavy atom. The van der Waals surface area contributed by atoms with Crippen molar-refractivity contribution in [3.63, 3.8) is 0 Å². The Bertz CT molecular complexity index is 664. The second kappa shape index (κ2) is 8.05. The second-order valence-electron chi connectivity index (χ2n) is 6.20. The summed E-state index contributed by atoms with van der Waals surface area (Å²) in [6.07, 6.45) is 5.07. The first-order valence-corrected chi connectivity index (χ1v) is 8.70. The highest BCUT2D eigenvalue weighted by Gasteiger charge is 2.25. The Kier molecular flexibility index (Phi) is 5.58. The molecule has 0 radical (unpaired) electrons. The normalized spacial score (nSPS) is 18.0. The van der Waals surface area contributed by atoms with Crippen LogP contribution in [-0.4, -0.2) is 49.2 Å². The van der Waals surface area contributed by atoms with Gasteiger partial charge in [-0.25, -0.2) is 4.79 Å². The molecule has 2 aliphatic rings. The Hall–Kier alpha value is -2.50. The zero-order chi connectivity index (χ0) is 17.6. The fraction of sp³-hybridized carbons (Fsp3) is 0.474. The number of nitrogens with zero attached hydrogens (tertiary/aromatic N) is 1. The maximum Gasteiger partial charge on any atom is 0.331 e. The van der Waals surface area contributed by atoms with Gasteiger partial charge in [0.1, 0.15) is 0 Å². The molecule has 1 atom stereocenters. The van der Waals surface area contributed by atoms with Crippen LogP contribution in [0.15, 0.2) is 24.3 Å². The molecule has 0 aliphatic carbocycles. The summed E-state index contributed by atoms with van der Waals surface area (Å²) in [5, 5.41) is 0. The van der Waals surface area contributed by atoms with E-state index >= 15 is 0 Å². The topological polar surface area (TPSA) is 65.1 Å². The third-order valence-corrected chi connectivity index (χ3v) is 4.24. The van der Waals surface area contributed by atoms with Crippen molar-refractivity contribution < 1.29 is 23.8 Å². The molecular weight excluding hydrogens is 322 g/mol. The van der Waals surface area contributed by atoms with Crippen LogP contribution in [0.4, 0.5) is 0 Å². The molecule has 0 spiro atoms. The van der Waals surface area contributed by atoms with E-state index < -0.39 is 12.1 Å². The number of benzene rings is 1. The molecule has 1 saturated heterocycles. The Labute approximate surface area is 147 Å². The van der Waals surface area contributed by atoms with Gasteiger partial charge in [-0.05, 0) is 43.5 Å². The maximum absolute atomic E-state index is 12.1. The van der Waals surface area contributed by atoms with Gasteiger partial charge in [0.15, 0.2) is 17.6 Å². The molecule has 1 aromatic carbocycles. The van der Waals surface area contributed by atoms with E-state index in [1.165, 1.54) is 6.08 Å². The van der Waals surface area contributed by atoms with E-state index in [0.29, 0.717) is 24.7 Å². The molecule has 0 unspecified atom stereocenters. The zero-order valence-corrected chi connectivity index (χ0v) is 14.4. The molecule has 25 heavy (non-hydrogen) atoms. The van der Waals surface area contributed by atoms with Gasteiger partial charge in [0.25, 0.3) is 5.91 Å². The van der Waals surface area contributed by atoms with Gasteiger partial charge in [0.2, 0.25) is 0 Å². The quantitative estimate of drug-likeness (QED) is 0.619. The SMILES string of the molecule is C[C@H](OC(=O)/C=C/c1ccc2c(c1)OCCCO2)C(=O)N1CCCC1. The monoisotopic (exact) mass is 345 g/mol. The lowest BCUT2D eigenvalue weighted by Gasteiger charge is -2.19. The third kappa shape index (κ3) is 4.53. The molecular formula is C19H23NO5. The van der Waals surface area contributed by atoms with Crippen molar-refractivity contribution in [3.8, 4) is 11.5 Å². The van der Waals surface area contributed by atoms with E-state index in [-0.39, 0.29) is 5.91 Å². The van der Waals surface area contributed by atoms with Gasteiger partial charge in [0.05, 0.1) is 13.2 Å². The minimum Gasteiger partial charge on any atom is -0.490 e. The van der Waals surface area contributed by atoms with Gasteiger partial charge in [-0.2, -0.15) is 0 Å². The first-order valence-electron chi connectivity index (χ1n) is 8.70. The summed E-state index contributed by atoms with van der Waals surface area (Å²) in [4.78, 5) is 25.8. The summed E-state index contributed by atoms with van der Waals surface area (Å²) in [6.45, 7) is 4.34. The van der Waals surface area contributed by atoms with Gasteiger partial charge in [0, 0.05) is 25.6 Å². The molecule has 0 bridgehead atoms. The lowest BCUT2D eigenvalue weighted by molar-refractivity contribution is -0.154. The van der Waals surface area contributed by atoms with E-state index in [0.717, 1.165) is 37.9 Å². The molecule has 0 N–H and O–H groups in total. The number of hydrogen-bond acceptors (Lipinski definition) is 5. The fourth-order valence-electron chi connectivity index (χ4n) is 2.91. The van der Waals surface area contributed by atoms with E-state index in [1.807, 2.05) is 18.2 Å². The Morgan fingerprint density at radius 1 is 1.12 bits per heavy atom. The van der Waals surface area contributed by atoms with Crippen molar-refractivity contribution >= 4 is 18.0 Å². The van der Waals surface area contributed by atoms with Crippen molar-refractivity contribution in [2.75, 3.05) is 26.3 Å². The average molecular weight is 345 g/mol. The molecule has 1 amide bonds. The van der Waals surface area contributed by atoms with Gasteiger partial charge >= 0.3 is 5.97 Å². The molecule has 6 heteroatoms. The molecule has 1 aromatic rings. The maximum atomic E-state index is 12.1. The van der Waals surface area contributed by atoms with Gasteiger partial charge in [-0.1, -0.05) is 6.07 Å². The molecule has 6 nitrogen and oxygen atoms in total. The highest BCUT2D eigenvalue weighted by Crippen LogP contribution is 2.30. The molecule has 3 rings (SSSR count). The van der Waals surface area contributed by atoms with Crippen LogP contribution in [0.25, 0.3) is 6.08 Å². The van der Waals surface area contributed by atoms with E-state index in [9.17, 15) is 9.59 Å². The first kappa shape index (κ1) is 17.3. The van der Waals surface area contributed by atoms with Crippen LogP contribution < -0.4 is 9.47 Å². The smallest absolute Gasteiger partial charge is 0.331 e. The molecule has 0 saturated carbocycles. The summed E-state index contributed by atoms with van der Waals surface area (Å²) in [6, 6.07) is 5.49. The first-order chi connectivity index (χ1) is 12.1. The van der Waals surface area contributed by atoms with Crippen LogP contribution >= 0.6 is 0 Å². The number of rotatable bonds is 4. The van der Waals surface area contributed by atoms with Gasteiger partial charge < -0.3 is 19.1 Å². The number of likely N-dealkylation sites (tertiary alicyclic amines) is 1. The fourth-order valence-corrected chi connectivity index (χ4v) is 2.91. The predicted molar refractivity (Wildman–Crippen MR) is 92.5 cm³/mol. The number of esters is 1. The number of carbonyl (C=O) groups is 2. The van der Waals surface area contributed by atoms with Crippen LogP contribution in [0, 0.1) is 0 Å². The van der Waals surface area contributed by atoms with Crippen molar-refractivity contribution in [2.24, 2.45) is 0 Å². The minimum absolute atomic E-state index is 0.130. The van der Waals surface area contributed by atoms with Crippen LogP contribution in [-0.2, 0) is 14.3 Å². The standard InChI is InChI=1S/C19H23NO5/c1-14(19(22)20-9-2-3-10-20)25-18(21)8-6-15-5-7-16-17(13-15)24-12-4-11-23-16/h5-8,13-14H,2-4,9-12H2,1H3/b8-6+/t14-/m0/s1. The number of fused-ring (bicyclic) bond motifs is 1. The van der Waals surface area contributed by atoms with Crippen molar-refractivity contribution in [1.29, 1.82) is 0 Å². The van der Waals surface area contributed by atoms with E-state index in [2.05, 4.69) is 0 Å². The van der Waals surface area contributed by atoms with Crippen LogP contribution in [0.1, 0.15) is 31.7 Å². The molecule has 2 heterocycles. The van der Waals surface area contributed by atoms with Crippen LogP contribution in [0.3, 0.4) is 0 Å². The van der Waals surface area contributed by atoms with Crippen LogP contribution in [0.5, 0.6) is 11.5 Å². The number of carbonyl (C=O) groups excluding carboxylic acids is 2. The van der Waals surface area contributed by atoms with Gasteiger partial charge in [-0.15, -0.1) is 0 Å².